The van der Waals surface area contributed by atoms with E-state index in [0.717, 1.165) is 57.3 Å². The standard InChI is InChI=1S/C21H30N4O3S2/c1-16-19(21(26)24-10-6-5-7-11-24)29-20(22-16)18-14-17(15-23(18)2)30(27,28)25-12-8-3-4-9-13-25/h14-15H,3-13H2,1-2H3. The highest BCUT2D eigenvalue weighted by molar-refractivity contribution is 7.89. The smallest absolute Gasteiger partial charge is 0.265 e. The average Bonchev–Trinajstić information content (AvgIpc) is 3.19. The summed E-state index contributed by atoms with van der Waals surface area (Å²) >= 11 is 1.36. The first kappa shape index (κ1) is 21.5. The second-order valence-corrected chi connectivity index (χ2v) is 11.2. The van der Waals surface area contributed by atoms with E-state index in [9.17, 15) is 13.2 Å². The highest BCUT2D eigenvalue weighted by Crippen LogP contribution is 2.32. The van der Waals surface area contributed by atoms with E-state index in [0.29, 0.717) is 33.6 Å². The third-order valence-electron chi connectivity index (χ3n) is 6.04. The molecule has 0 aromatic carbocycles. The lowest BCUT2D eigenvalue weighted by Crippen LogP contribution is -2.35. The molecule has 2 aliphatic heterocycles. The average molecular weight is 451 g/mol. The summed E-state index contributed by atoms with van der Waals surface area (Å²) in [7, 11) is -1.68. The Morgan fingerprint density at radius 2 is 1.60 bits per heavy atom. The van der Waals surface area contributed by atoms with Crippen molar-refractivity contribution in [3.05, 3.63) is 22.8 Å². The van der Waals surface area contributed by atoms with Gasteiger partial charge in [-0.15, -0.1) is 11.3 Å². The lowest BCUT2D eigenvalue weighted by molar-refractivity contribution is 0.0728. The van der Waals surface area contributed by atoms with E-state index < -0.39 is 10.0 Å². The highest BCUT2D eigenvalue weighted by atomic mass is 32.2. The largest absolute Gasteiger partial charge is 0.347 e. The first-order valence-corrected chi connectivity index (χ1v) is 13.1. The fraction of sp³-hybridized carbons (Fsp3) is 0.619. The van der Waals surface area contributed by atoms with Gasteiger partial charge in [0, 0.05) is 39.4 Å². The maximum Gasteiger partial charge on any atom is 0.265 e. The van der Waals surface area contributed by atoms with Crippen LogP contribution in [0.15, 0.2) is 17.2 Å². The van der Waals surface area contributed by atoms with Crippen molar-refractivity contribution in [2.45, 2.75) is 56.8 Å². The lowest BCUT2D eigenvalue weighted by atomic mass is 10.1. The molecule has 164 valence electrons. The van der Waals surface area contributed by atoms with Crippen molar-refractivity contribution in [3.8, 4) is 10.7 Å². The predicted molar refractivity (Wildman–Crippen MR) is 118 cm³/mol. The van der Waals surface area contributed by atoms with Crippen LogP contribution in [0.4, 0.5) is 0 Å². The van der Waals surface area contributed by atoms with Crippen LogP contribution in [0.1, 0.15) is 60.3 Å². The topological polar surface area (TPSA) is 75.5 Å². The van der Waals surface area contributed by atoms with E-state index in [1.165, 1.54) is 17.8 Å². The number of likely N-dealkylation sites (tertiary alicyclic amines) is 1. The molecule has 4 rings (SSSR count). The van der Waals surface area contributed by atoms with Crippen molar-refractivity contribution in [3.63, 3.8) is 0 Å². The first-order chi connectivity index (χ1) is 14.4. The van der Waals surface area contributed by atoms with Gasteiger partial charge in [-0.25, -0.2) is 13.4 Å². The molecule has 2 aromatic rings. The first-order valence-electron chi connectivity index (χ1n) is 10.8. The van der Waals surface area contributed by atoms with Crippen molar-refractivity contribution in [1.82, 2.24) is 18.8 Å². The zero-order valence-electron chi connectivity index (χ0n) is 17.8. The monoisotopic (exact) mass is 450 g/mol. The van der Waals surface area contributed by atoms with Gasteiger partial charge in [-0.05, 0) is 45.1 Å². The minimum absolute atomic E-state index is 0.0440. The number of nitrogens with zero attached hydrogens (tertiary/aromatic N) is 4. The minimum atomic E-state index is -3.52. The number of hydrogen-bond acceptors (Lipinski definition) is 5. The van der Waals surface area contributed by atoms with E-state index in [4.69, 9.17) is 0 Å². The Hall–Kier alpha value is -1.71. The molecule has 2 fully saturated rings. The molecular formula is C21H30N4O3S2. The van der Waals surface area contributed by atoms with Gasteiger partial charge in [0.05, 0.1) is 11.4 Å². The van der Waals surface area contributed by atoms with Gasteiger partial charge >= 0.3 is 0 Å². The Morgan fingerprint density at radius 1 is 1.00 bits per heavy atom. The summed E-state index contributed by atoms with van der Waals surface area (Å²) in [5.41, 5.74) is 1.44. The molecule has 30 heavy (non-hydrogen) atoms. The zero-order valence-corrected chi connectivity index (χ0v) is 19.4. The summed E-state index contributed by atoms with van der Waals surface area (Å²) in [5, 5.41) is 0.688. The predicted octanol–water partition coefficient (Wildman–Crippen LogP) is 3.65. The van der Waals surface area contributed by atoms with Crippen molar-refractivity contribution in [1.29, 1.82) is 0 Å². The number of amides is 1. The van der Waals surface area contributed by atoms with Crippen molar-refractivity contribution < 1.29 is 13.2 Å². The van der Waals surface area contributed by atoms with Crippen LogP contribution in [0, 0.1) is 6.92 Å². The van der Waals surface area contributed by atoms with Crippen LogP contribution in [-0.4, -0.2) is 59.3 Å². The third-order valence-corrected chi connectivity index (χ3v) is 9.07. The molecule has 0 radical (unpaired) electrons. The van der Waals surface area contributed by atoms with Crippen LogP contribution < -0.4 is 0 Å². The van der Waals surface area contributed by atoms with Gasteiger partial charge in [0.15, 0.2) is 0 Å². The van der Waals surface area contributed by atoms with Crippen molar-refractivity contribution in [2.24, 2.45) is 7.05 Å². The Morgan fingerprint density at radius 3 is 2.27 bits per heavy atom. The quantitative estimate of drug-likeness (QED) is 0.713. The van der Waals surface area contributed by atoms with Crippen LogP contribution in [0.25, 0.3) is 10.7 Å². The highest BCUT2D eigenvalue weighted by Gasteiger charge is 2.29. The molecule has 0 spiro atoms. The molecule has 0 unspecified atom stereocenters. The van der Waals surface area contributed by atoms with Gasteiger partial charge in [0.1, 0.15) is 14.8 Å². The number of piperidine rings is 1. The molecule has 2 aliphatic rings. The number of carbonyl (C=O) groups excluding carboxylic acids is 1. The van der Waals surface area contributed by atoms with Crippen LogP contribution in [0.5, 0.6) is 0 Å². The van der Waals surface area contributed by atoms with Crippen LogP contribution in [0.3, 0.4) is 0 Å². The maximum atomic E-state index is 13.2. The second-order valence-electron chi connectivity index (χ2n) is 8.28. The van der Waals surface area contributed by atoms with E-state index in [2.05, 4.69) is 4.98 Å². The molecule has 7 nitrogen and oxygen atoms in total. The molecule has 4 heterocycles. The fourth-order valence-corrected chi connectivity index (χ4v) is 6.95. The van der Waals surface area contributed by atoms with Crippen molar-refractivity contribution in [2.75, 3.05) is 26.2 Å². The summed E-state index contributed by atoms with van der Waals surface area (Å²) in [4.78, 5) is 20.4. The molecule has 0 saturated carbocycles. The number of aromatic nitrogens is 2. The van der Waals surface area contributed by atoms with E-state index >= 15 is 0 Å². The van der Waals surface area contributed by atoms with E-state index in [-0.39, 0.29) is 5.91 Å². The van der Waals surface area contributed by atoms with Gasteiger partial charge in [0.25, 0.3) is 5.91 Å². The molecule has 0 atom stereocenters. The Labute approximate surface area is 182 Å². The van der Waals surface area contributed by atoms with Gasteiger partial charge in [-0.2, -0.15) is 4.31 Å². The van der Waals surface area contributed by atoms with E-state index in [1.54, 1.807) is 21.1 Å². The fourth-order valence-electron chi connectivity index (χ4n) is 4.26. The second kappa shape index (κ2) is 8.80. The number of aryl methyl sites for hydroxylation is 2. The summed E-state index contributed by atoms with van der Waals surface area (Å²) in [6.45, 7) is 4.62. The molecule has 0 aliphatic carbocycles. The number of rotatable bonds is 4. The zero-order chi connectivity index (χ0) is 21.3. The van der Waals surface area contributed by atoms with Gasteiger partial charge in [-0.1, -0.05) is 12.8 Å². The summed E-state index contributed by atoms with van der Waals surface area (Å²) in [5.74, 6) is 0.0440. The summed E-state index contributed by atoms with van der Waals surface area (Å²) in [6.07, 6.45) is 8.92. The van der Waals surface area contributed by atoms with Gasteiger partial charge in [0.2, 0.25) is 10.0 Å². The molecule has 0 N–H and O–H groups in total. The molecule has 2 saturated heterocycles. The third kappa shape index (κ3) is 4.20. The Kier molecular flexibility index (Phi) is 6.31. The number of thiazole rings is 1. The minimum Gasteiger partial charge on any atom is -0.347 e. The summed E-state index contributed by atoms with van der Waals surface area (Å²) in [6, 6.07) is 1.70. The number of sulfonamides is 1. The van der Waals surface area contributed by atoms with Crippen LogP contribution in [-0.2, 0) is 17.1 Å². The maximum absolute atomic E-state index is 13.2. The SMILES string of the molecule is Cc1nc(-c2cc(S(=O)(=O)N3CCCCCC3)cn2C)sc1C(=O)N1CCCCC1. The number of hydrogen-bond donors (Lipinski definition) is 0. The molecule has 2 aromatic heterocycles. The Bertz CT molecular complexity index is 1010. The van der Waals surface area contributed by atoms with Crippen LogP contribution in [0.2, 0.25) is 0 Å². The van der Waals surface area contributed by atoms with Gasteiger partial charge < -0.3 is 9.47 Å². The molecule has 0 bridgehead atoms. The number of carbonyl (C=O) groups is 1. The van der Waals surface area contributed by atoms with E-state index in [1.807, 2.05) is 18.9 Å². The normalized spacial score (nSPS) is 19.1. The molecule has 9 heteroatoms. The van der Waals surface area contributed by atoms with Crippen LogP contribution >= 0.6 is 11.3 Å². The molecular weight excluding hydrogens is 420 g/mol. The molecule has 1 amide bonds. The van der Waals surface area contributed by atoms with Crippen molar-refractivity contribution >= 4 is 27.3 Å². The Balaban J connectivity index is 1.61. The lowest BCUT2D eigenvalue weighted by Gasteiger charge is -2.26. The summed E-state index contributed by atoms with van der Waals surface area (Å²) < 4.78 is 29.7. The van der Waals surface area contributed by atoms with Gasteiger partial charge in [-0.3, -0.25) is 4.79 Å².